The molecule has 1 heterocycles. The van der Waals surface area contributed by atoms with Crippen molar-refractivity contribution in [3.05, 3.63) is 24.1 Å². The van der Waals surface area contributed by atoms with Gasteiger partial charge in [0.1, 0.15) is 11.6 Å². The molecule has 0 spiro atoms. The maximum absolute atomic E-state index is 12.7. The topological polar surface area (TPSA) is 42.1 Å². The standard InChI is InChI=1S/C11H16FN3/c12-9-2-5-11(14-8-9)15(7-1-6-13)10-3-4-10/h2,5,8,10H,1,3-4,6-7,13H2. The molecular weight excluding hydrogens is 193 g/mol. The molecule has 15 heavy (non-hydrogen) atoms. The van der Waals surface area contributed by atoms with Crippen LogP contribution in [-0.4, -0.2) is 24.1 Å². The van der Waals surface area contributed by atoms with Crippen LogP contribution in [0.25, 0.3) is 0 Å². The second-order valence-electron chi connectivity index (χ2n) is 3.90. The summed E-state index contributed by atoms with van der Waals surface area (Å²) in [5, 5.41) is 0. The van der Waals surface area contributed by atoms with Gasteiger partial charge in [-0.3, -0.25) is 0 Å². The highest BCUT2D eigenvalue weighted by Crippen LogP contribution is 2.30. The monoisotopic (exact) mass is 209 g/mol. The number of hydrogen-bond acceptors (Lipinski definition) is 3. The van der Waals surface area contributed by atoms with Crippen LogP contribution < -0.4 is 10.6 Å². The van der Waals surface area contributed by atoms with E-state index in [1.54, 1.807) is 6.07 Å². The average Bonchev–Trinajstić information content (AvgIpc) is 3.05. The largest absolute Gasteiger partial charge is 0.354 e. The minimum Gasteiger partial charge on any atom is -0.354 e. The predicted octanol–water partition coefficient (Wildman–Crippen LogP) is 1.54. The molecule has 0 unspecified atom stereocenters. The van der Waals surface area contributed by atoms with Crippen molar-refractivity contribution in [2.24, 2.45) is 5.73 Å². The fourth-order valence-corrected chi connectivity index (χ4v) is 1.67. The summed E-state index contributed by atoms with van der Waals surface area (Å²) in [6.45, 7) is 1.60. The SMILES string of the molecule is NCCCN(c1ccc(F)cn1)C1CC1. The molecule has 0 atom stereocenters. The molecular formula is C11H16FN3. The third kappa shape index (κ3) is 2.65. The number of hydrogen-bond donors (Lipinski definition) is 1. The minimum atomic E-state index is -0.284. The Kier molecular flexibility index (Phi) is 3.16. The molecule has 4 heteroatoms. The molecule has 1 aliphatic carbocycles. The first-order valence-corrected chi connectivity index (χ1v) is 5.39. The van der Waals surface area contributed by atoms with E-state index in [1.807, 2.05) is 0 Å². The van der Waals surface area contributed by atoms with Crippen molar-refractivity contribution in [3.63, 3.8) is 0 Å². The van der Waals surface area contributed by atoms with Crippen molar-refractivity contribution in [3.8, 4) is 0 Å². The molecule has 0 bridgehead atoms. The lowest BCUT2D eigenvalue weighted by Crippen LogP contribution is -2.29. The molecule has 82 valence electrons. The maximum Gasteiger partial charge on any atom is 0.141 e. The van der Waals surface area contributed by atoms with Gasteiger partial charge in [-0.2, -0.15) is 0 Å². The smallest absolute Gasteiger partial charge is 0.141 e. The molecule has 0 radical (unpaired) electrons. The first kappa shape index (κ1) is 10.4. The van der Waals surface area contributed by atoms with Gasteiger partial charge in [0.15, 0.2) is 0 Å². The molecule has 0 amide bonds. The van der Waals surface area contributed by atoms with Gasteiger partial charge >= 0.3 is 0 Å². The van der Waals surface area contributed by atoms with Crippen LogP contribution in [0.2, 0.25) is 0 Å². The second-order valence-corrected chi connectivity index (χ2v) is 3.90. The molecule has 0 aliphatic heterocycles. The van der Waals surface area contributed by atoms with Gasteiger partial charge in [-0.15, -0.1) is 0 Å². The zero-order valence-electron chi connectivity index (χ0n) is 8.69. The van der Waals surface area contributed by atoms with Gasteiger partial charge < -0.3 is 10.6 Å². The summed E-state index contributed by atoms with van der Waals surface area (Å²) in [4.78, 5) is 6.33. The highest BCUT2D eigenvalue weighted by Gasteiger charge is 2.29. The quantitative estimate of drug-likeness (QED) is 0.799. The van der Waals surface area contributed by atoms with Crippen LogP contribution >= 0.6 is 0 Å². The Morgan fingerprint density at radius 1 is 1.47 bits per heavy atom. The van der Waals surface area contributed by atoms with Crippen molar-refractivity contribution in [1.29, 1.82) is 0 Å². The van der Waals surface area contributed by atoms with Gasteiger partial charge in [-0.05, 0) is 37.9 Å². The molecule has 1 aromatic heterocycles. The van der Waals surface area contributed by atoms with Gasteiger partial charge in [0.2, 0.25) is 0 Å². The Labute approximate surface area is 89.1 Å². The zero-order chi connectivity index (χ0) is 10.7. The van der Waals surface area contributed by atoms with E-state index in [0.29, 0.717) is 12.6 Å². The zero-order valence-corrected chi connectivity index (χ0v) is 8.69. The van der Waals surface area contributed by atoms with Crippen molar-refractivity contribution in [2.45, 2.75) is 25.3 Å². The van der Waals surface area contributed by atoms with Gasteiger partial charge in [-0.1, -0.05) is 0 Å². The third-order valence-electron chi connectivity index (χ3n) is 2.60. The number of nitrogens with zero attached hydrogens (tertiary/aromatic N) is 2. The molecule has 0 aromatic carbocycles. The molecule has 1 saturated carbocycles. The maximum atomic E-state index is 12.7. The molecule has 3 nitrogen and oxygen atoms in total. The summed E-state index contributed by atoms with van der Waals surface area (Å²) in [6, 6.07) is 3.79. The van der Waals surface area contributed by atoms with Crippen LogP contribution in [0.1, 0.15) is 19.3 Å². The summed E-state index contributed by atoms with van der Waals surface area (Å²) in [6.07, 6.45) is 4.65. The Bertz CT molecular complexity index is 308. The van der Waals surface area contributed by atoms with Crippen LogP contribution in [0.4, 0.5) is 10.2 Å². The number of anilines is 1. The van der Waals surface area contributed by atoms with E-state index in [-0.39, 0.29) is 5.82 Å². The number of halogens is 1. The van der Waals surface area contributed by atoms with E-state index in [4.69, 9.17) is 5.73 Å². The van der Waals surface area contributed by atoms with Crippen molar-refractivity contribution in [2.75, 3.05) is 18.0 Å². The molecule has 0 saturated heterocycles. The lowest BCUT2D eigenvalue weighted by atomic mass is 10.3. The molecule has 1 aliphatic rings. The highest BCUT2D eigenvalue weighted by atomic mass is 19.1. The average molecular weight is 209 g/mol. The van der Waals surface area contributed by atoms with Crippen molar-refractivity contribution in [1.82, 2.24) is 4.98 Å². The van der Waals surface area contributed by atoms with E-state index in [0.717, 1.165) is 18.8 Å². The first-order chi connectivity index (χ1) is 7.31. The lowest BCUT2D eigenvalue weighted by molar-refractivity contribution is 0.619. The Morgan fingerprint density at radius 2 is 2.27 bits per heavy atom. The number of aromatic nitrogens is 1. The molecule has 2 N–H and O–H groups in total. The van der Waals surface area contributed by atoms with E-state index in [1.165, 1.54) is 25.1 Å². The summed E-state index contributed by atoms with van der Waals surface area (Å²) in [5.74, 6) is 0.584. The van der Waals surface area contributed by atoms with Gasteiger partial charge in [0.05, 0.1) is 6.20 Å². The Morgan fingerprint density at radius 3 is 2.80 bits per heavy atom. The van der Waals surface area contributed by atoms with Crippen LogP contribution in [0.15, 0.2) is 18.3 Å². The van der Waals surface area contributed by atoms with E-state index in [2.05, 4.69) is 9.88 Å². The van der Waals surface area contributed by atoms with E-state index >= 15 is 0 Å². The Hall–Kier alpha value is -1.16. The lowest BCUT2D eigenvalue weighted by Gasteiger charge is -2.22. The minimum absolute atomic E-state index is 0.284. The molecule has 2 rings (SSSR count). The summed E-state index contributed by atoms with van der Waals surface area (Å²) in [7, 11) is 0. The van der Waals surface area contributed by atoms with Crippen LogP contribution in [0.5, 0.6) is 0 Å². The third-order valence-corrected chi connectivity index (χ3v) is 2.60. The fourth-order valence-electron chi connectivity index (χ4n) is 1.67. The van der Waals surface area contributed by atoms with E-state index < -0.39 is 0 Å². The van der Waals surface area contributed by atoms with Gasteiger partial charge in [0.25, 0.3) is 0 Å². The summed E-state index contributed by atoms with van der Waals surface area (Å²) >= 11 is 0. The first-order valence-electron chi connectivity index (χ1n) is 5.39. The van der Waals surface area contributed by atoms with Gasteiger partial charge in [0, 0.05) is 12.6 Å². The molecule has 1 fully saturated rings. The van der Waals surface area contributed by atoms with Crippen molar-refractivity contribution >= 4 is 5.82 Å². The highest BCUT2D eigenvalue weighted by molar-refractivity contribution is 5.40. The second kappa shape index (κ2) is 4.57. The summed E-state index contributed by atoms with van der Waals surface area (Å²) < 4.78 is 12.7. The predicted molar refractivity (Wildman–Crippen MR) is 58.2 cm³/mol. The van der Waals surface area contributed by atoms with Crippen molar-refractivity contribution < 1.29 is 4.39 Å². The Balaban J connectivity index is 2.06. The van der Waals surface area contributed by atoms with Crippen LogP contribution in [0.3, 0.4) is 0 Å². The van der Waals surface area contributed by atoms with Crippen LogP contribution in [0, 0.1) is 5.82 Å². The number of rotatable bonds is 5. The van der Waals surface area contributed by atoms with E-state index in [9.17, 15) is 4.39 Å². The molecule has 1 aromatic rings. The number of nitrogens with two attached hydrogens (primary N) is 1. The fraction of sp³-hybridized carbons (Fsp3) is 0.545. The van der Waals surface area contributed by atoms with Gasteiger partial charge in [-0.25, -0.2) is 9.37 Å². The summed E-state index contributed by atoms with van der Waals surface area (Å²) in [5.41, 5.74) is 5.49. The number of pyridine rings is 1. The van der Waals surface area contributed by atoms with Crippen LogP contribution in [-0.2, 0) is 0 Å². The normalized spacial score (nSPS) is 15.3.